The molecule has 1 atom stereocenters. The molecule has 1 aromatic carbocycles. The molecule has 1 aliphatic rings. The Labute approximate surface area is 124 Å². The third-order valence-corrected chi connectivity index (χ3v) is 3.75. The van der Waals surface area contributed by atoms with Gasteiger partial charge in [0.1, 0.15) is 0 Å². The van der Waals surface area contributed by atoms with Crippen molar-refractivity contribution in [1.29, 1.82) is 0 Å². The molecule has 2 aromatic rings. The Bertz CT molecular complexity index is 556. The number of hydrogen-bond acceptors (Lipinski definition) is 5. The minimum atomic E-state index is 0.281. The van der Waals surface area contributed by atoms with Crippen molar-refractivity contribution in [1.82, 2.24) is 15.0 Å². The lowest BCUT2D eigenvalue weighted by molar-refractivity contribution is -0.0371. The summed E-state index contributed by atoms with van der Waals surface area (Å²) < 4.78 is 11.1. The summed E-state index contributed by atoms with van der Waals surface area (Å²) in [7, 11) is 0. The van der Waals surface area contributed by atoms with Crippen molar-refractivity contribution in [2.45, 2.75) is 32.4 Å². The molecule has 5 nitrogen and oxygen atoms in total. The average Bonchev–Trinajstić information content (AvgIpc) is 2.92. The van der Waals surface area contributed by atoms with E-state index < -0.39 is 0 Å². The highest BCUT2D eigenvalue weighted by atomic mass is 16.5. The van der Waals surface area contributed by atoms with E-state index in [1.807, 2.05) is 6.92 Å². The summed E-state index contributed by atoms with van der Waals surface area (Å²) in [5.74, 6) is 1.38. The first-order valence-electron chi connectivity index (χ1n) is 7.46. The predicted molar refractivity (Wildman–Crippen MR) is 78.8 cm³/mol. The molecule has 2 heterocycles. The molecule has 3 rings (SSSR count). The third kappa shape index (κ3) is 4.12. The number of morpholine rings is 1. The SMILES string of the molecule is Cc1noc(CN2CCO[C@@H](CCc3ccccc3)C2)n1. The number of benzene rings is 1. The summed E-state index contributed by atoms with van der Waals surface area (Å²) in [6.45, 7) is 5.17. The van der Waals surface area contributed by atoms with Crippen LogP contribution in [0.5, 0.6) is 0 Å². The second kappa shape index (κ2) is 6.83. The minimum absolute atomic E-state index is 0.281. The maximum absolute atomic E-state index is 5.86. The number of hydrogen-bond donors (Lipinski definition) is 0. The average molecular weight is 287 g/mol. The van der Waals surface area contributed by atoms with Gasteiger partial charge in [-0.25, -0.2) is 0 Å². The number of aromatic nitrogens is 2. The van der Waals surface area contributed by atoms with Gasteiger partial charge in [0.2, 0.25) is 5.89 Å². The van der Waals surface area contributed by atoms with Crippen molar-refractivity contribution >= 4 is 0 Å². The minimum Gasteiger partial charge on any atom is -0.376 e. The molecule has 0 unspecified atom stereocenters. The molecule has 0 radical (unpaired) electrons. The van der Waals surface area contributed by atoms with Gasteiger partial charge in [0.25, 0.3) is 0 Å². The van der Waals surface area contributed by atoms with Crippen LogP contribution in [0.2, 0.25) is 0 Å². The maximum atomic E-state index is 5.86. The zero-order chi connectivity index (χ0) is 14.5. The molecule has 1 aliphatic heterocycles. The molecular formula is C16H21N3O2. The van der Waals surface area contributed by atoms with Gasteiger partial charge in [-0.15, -0.1) is 0 Å². The second-order valence-electron chi connectivity index (χ2n) is 5.49. The van der Waals surface area contributed by atoms with Crippen LogP contribution in [0.4, 0.5) is 0 Å². The van der Waals surface area contributed by atoms with E-state index in [9.17, 15) is 0 Å². The highest BCUT2D eigenvalue weighted by Gasteiger charge is 2.21. The molecule has 0 aliphatic carbocycles. The van der Waals surface area contributed by atoms with Gasteiger partial charge in [0.15, 0.2) is 5.82 Å². The van der Waals surface area contributed by atoms with E-state index in [1.165, 1.54) is 5.56 Å². The normalized spacial score (nSPS) is 19.8. The zero-order valence-corrected chi connectivity index (χ0v) is 12.4. The fourth-order valence-corrected chi connectivity index (χ4v) is 2.67. The van der Waals surface area contributed by atoms with Crippen LogP contribution in [0.15, 0.2) is 34.9 Å². The summed E-state index contributed by atoms with van der Waals surface area (Å²) >= 11 is 0. The summed E-state index contributed by atoms with van der Waals surface area (Å²) in [6, 6.07) is 10.6. The van der Waals surface area contributed by atoms with Crippen molar-refractivity contribution in [2.75, 3.05) is 19.7 Å². The topological polar surface area (TPSA) is 51.4 Å². The van der Waals surface area contributed by atoms with Crippen LogP contribution in [0.1, 0.15) is 23.7 Å². The molecule has 1 saturated heterocycles. The van der Waals surface area contributed by atoms with Crippen LogP contribution < -0.4 is 0 Å². The van der Waals surface area contributed by atoms with Gasteiger partial charge >= 0.3 is 0 Å². The van der Waals surface area contributed by atoms with Crippen LogP contribution in [-0.4, -0.2) is 40.8 Å². The molecule has 1 fully saturated rings. The first-order chi connectivity index (χ1) is 10.3. The van der Waals surface area contributed by atoms with Crippen molar-refractivity contribution < 1.29 is 9.26 Å². The van der Waals surface area contributed by atoms with Gasteiger partial charge in [0, 0.05) is 13.1 Å². The Balaban J connectivity index is 1.49. The van der Waals surface area contributed by atoms with Gasteiger partial charge in [-0.3, -0.25) is 4.90 Å². The summed E-state index contributed by atoms with van der Waals surface area (Å²) in [5, 5.41) is 3.83. The molecule has 0 bridgehead atoms. The molecule has 1 aromatic heterocycles. The van der Waals surface area contributed by atoms with Crippen LogP contribution in [-0.2, 0) is 17.7 Å². The largest absolute Gasteiger partial charge is 0.376 e. The van der Waals surface area contributed by atoms with Crippen LogP contribution >= 0.6 is 0 Å². The molecule has 0 N–H and O–H groups in total. The maximum Gasteiger partial charge on any atom is 0.240 e. The van der Waals surface area contributed by atoms with Crippen LogP contribution in [0.3, 0.4) is 0 Å². The summed E-state index contributed by atoms with van der Waals surface area (Å²) in [4.78, 5) is 6.59. The first-order valence-corrected chi connectivity index (χ1v) is 7.46. The summed E-state index contributed by atoms with van der Waals surface area (Å²) in [5.41, 5.74) is 1.37. The highest BCUT2D eigenvalue weighted by molar-refractivity contribution is 5.14. The van der Waals surface area contributed by atoms with E-state index in [-0.39, 0.29) is 6.10 Å². The first kappa shape index (κ1) is 14.2. The van der Waals surface area contributed by atoms with E-state index >= 15 is 0 Å². The molecule has 0 spiro atoms. The van der Waals surface area contributed by atoms with Crippen molar-refractivity contribution in [3.8, 4) is 0 Å². The zero-order valence-electron chi connectivity index (χ0n) is 12.4. The number of aryl methyl sites for hydroxylation is 2. The van der Waals surface area contributed by atoms with Crippen molar-refractivity contribution in [3.05, 3.63) is 47.6 Å². The van der Waals surface area contributed by atoms with E-state index in [0.717, 1.165) is 32.5 Å². The molecule has 112 valence electrons. The smallest absolute Gasteiger partial charge is 0.240 e. The predicted octanol–water partition coefficient (Wildman–Crippen LogP) is 2.21. The number of rotatable bonds is 5. The van der Waals surface area contributed by atoms with Crippen molar-refractivity contribution in [3.63, 3.8) is 0 Å². The molecular weight excluding hydrogens is 266 g/mol. The quantitative estimate of drug-likeness (QED) is 0.844. The molecule has 0 amide bonds. The third-order valence-electron chi connectivity index (χ3n) is 3.75. The lowest BCUT2D eigenvalue weighted by Gasteiger charge is -2.32. The van der Waals surface area contributed by atoms with E-state index in [1.54, 1.807) is 0 Å². The Kier molecular flexibility index (Phi) is 4.62. The van der Waals surface area contributed by atoms with E-state index in [2.05, 4.69) is 45.4 Å². The Morgan fingerprint density at radius 3 is 2.90 bits per heavy atom. The monoisotopic (exact) mass is 287 g/mol. The molecule has 0 saturated carbocycles. The van der Waals surface area contributed by atoms with Crippen molar-refractivity contribution in [2.24, 2.45) is 0 Å². The highest BCUT2D eigenvalue weighted by Crippen LogP contribution is 2.14. The lowest BCUT2D eigenvalue weighted by atomic mass is 10.1. The number of ether oxygens (including phenoxy) is 1. The van der Waals surface area contributed by atoms with Crippen LogP contribution in [0.25, 0.3) is 0 Å². The van der Waals surface area contributed by atoms with Crippen LogP contribution in [0, 0.1) is 6.92 Å². The lowest BCUT2D eigenvalue weighted by Crippen LogP contribution is -2.42. The van der Waals surface area contributed by atoms with Gasteiger partial charge in [-0.1, -0.05) is 35.5 Å². The Hall–Kier alpha value is -1.72. The summed E-state index contributed by atoms with van der Waals surface area (Å²) in [6.07, 6.45) is 2.38. The standard InChI is InChI=1S/C16H21N3O2/c1-13-17-16(21-18-13)12-19-9-10-20-15(11-19)8-7-14-5-3-2-4-6-14/h2-6,15H,7-12H2,1H3/t15-/m0/s1. The fraction of sp³-hybridized carbons (Fsp3) is 0.500. The Morgan fingerprint density at radius 1 is 1.29 bits per heavy atom. The fourth-order valence-electron chi connectivity index (χ4n) is 2.67. The van der Waals surface area contributed by atoms with Gasteiger partial charge in [-0.2, -0.15) is 4.98 Å². The molecule has 21 heavy (non-hydrogen) atoms. The van der Waals surface area contributed by atoms with Gasteiger partial charge in [-0.05, 0) is 25.3 Å². The second-order valence-corrected chi connectivity index (χ2v) is 5.49. The molecule has 5 heteroatoms. The number of nitrogens with zero attached hydrogens (tertiary/aromatic N) is 3. The Morgan fingerprint density at radius 2 is 2.14 bits per heavy atom. The van der Waals surface area contributed by atoms with Gasteiger partial charge < -0.3 is 9.26 Å². The van der Waals surface area contributed by atoms with E-state index in [0.29, 0.717) is 18.3 Å². The van der Waals surface area contributed by atoms with Gasteiger partial charge in [0.05, 0.1) is 19.3 Å². The van der Waals surface area contributed by atoms with E-state index in [4.69, 9.17) is 9.26 Å².